The number of ether oxygens (including phenoxy) is 1. The number of carboxylic acid groups (broad SMARTS) is 1. The van der Waals surface area contributed by atoms with E-state index >= 15 is 0 Å². The fraction of sp³-hybridized carbons (Fsp3) is 0.667. The van der Waals surface area contributed by atoms with Crippen molar-refractivity contribution in [2.45, 2.75) is 94.5 Å². The maximum Gasteiger partial charge on any atom is 0.407 e. The van der Waals surface area contributed by atoms with E-state index in [1.165, 1.54) is 16.3 Å². The first-order chi connectivity index (χ1) is 20.6. The van der Waals surface area contributed by atoms with E-state index < -0.39 is 63.5 Å². The summed E-state index contributed by atoms with van der Waals surface area (Å²) >= 11 is 1.16. The molecule has 2 fully saturated rings. The molecule has 44 heavy (non-hydrogen) atoms. The number of amides is 3. The van der Waals surface area contributed by atoms with Gasteiger partial charge in [0.2, 0.25) is 11.8 Å². The summed E-state index contributed by atoms with van der Waals surface area (Å²) in [7, 11) is -2.03. The lowest BCUT2D eigenvalue weighted by atomic mass is 9.89. The number of likely N-dealkylation sites (N-methyl/N-ethyl adjacent to an activating group) is 1. The van der Waals surface area contributed by atoms with Crippen molar-refractivity contribution in [2.75, 3.05) is 26.7 Å². The van der Waals surface area contributed by atoms with Crippen LogP contribution in [-0.4, -0.2) is 91.0 Å². The minimum Gasteiger partial charge on any atom is -0.479 e. The maximum absolute atomic E-state index is 13.2. The van der Waals surface area contributed by atoms with Crippen LogP contribution in [0.15, 0.2) is 33.9 Å². The SMILES string of the molecule is CCCCC/C=C\C1C[C@]1(NC(=O)[C@@H]1CCCN1C(=O)CNC(=O)OC(CN(C)S(=O)(=[OH+])c1cccs1)C(C)(C)C)C(=O)O. The topological polar surface area (TPSA) is 167 Å². The molecule has 4 N–H and O–H groups in total. The largest absolute Gasteiger partial charge is 0.479 e. The Morgan fingerprint density at radius 2 is 2.05 bits per heavy atom. The van der Waals surface area contributed by atoms with Crippen LogP contribution in [0.5, 0.6) is 0 Å². The molecule has 2 aliphatic rings. The lowest BCUT2D eigenvalue weighted by molar-refractivity contribution is -0.145. The van der Waals surface area contributed by atoms with Gasteiger partial charge in [0.05, 0.1) is 6.54 Å². The predicted molar refractivity (Wildman–Crippen MR) is 168 cm³/mol. The number of alkyl carbamates (subject to hydrolysis) is 1. The van der Waals surface area contributed by atoms with Gasteiger partial charge >= 0.3 is 22.1 Å². The third kappa shape index (κ3) is 8.81. The second kappa shape index (κ2) is 14.9. The third-order valence-electron chi connectivity index (χ3n) is 8.16. The summed E-state index contributed by atoms with van der Waals surface area (Å²) in [5.41, 5.74) is -1.96. The highest BCUT2D eigenvalue weighted by molar-refractivity contribution is 7.91. The number of allylic oxidation sites excluding steroid dienone is 1. The number of rotatable bonds is 15. The Morgan fingerprint density at radius 3 is 2.66 bits per heavy atom. The zero-order valence-corrected chi connectivity index (χ0v) is 27.9. The Balaban J connectivity index is 1.55. The zero-order chi connectivity index (χ0) is 32.7. The number of carbonyl (C=O) groups is 4. The number of nitrogens with one attached hydrogen (secondary N) is 2. The first kappa shape index (κ1) is 35.5. The third-order valence-corrected chi connectivity index (χ3v) is 11.4. The van der Waals surface area contributed by atoms with Crippen LogP contribution in [0.25, 0.3) is 0 Å². The lowest BCUT2D eigenvalue weighted by Crippen LogP contribution is -2.54. The number of nitrogens with zero attached hydrogens (tertiary/aromatic N) is 2. The van der Waals surface area contributed by atoms with Gasteiger partial charge in [-0.25, -0.2) is 13.8 Å². The van der Waals surface area contributed by atoms with E-state index in [1.807, 2.05) is 32.9 Å². The van der Waals surface area contributed by atoms with Crippen LogP contribution in [0.4, 0.5) is 4.79 Å². The number of likely N-dealkylation sites (tertiary alicyclic amines) is 1. The average molecular weight is 656 g/mol. The van der Waals surface area contributed by atoms with E-state index in [2.05, 4.69) is 17.6 Å². The predicted octanol–water partition coefficient (Wildman–Crippen LogP) is 3.75. The summed E-state index contributed by atoms with van der Waals surface area (Å²) < 4.78 is 30.8. The van der Waals surface area contributed by atoms with E-state index in [9.17, 15) is 32.7 Å². The van der Waals surface area contributed by atoms with Crippen molar-refractivity contribution >= 4 is 45.2 Å². The number of aliphatic carboxylic acids is 1. The van der Waals surface area contributed by atoms with Gasteiger partial charge < -0.3 is 25.4 Å². The highest BCUT2D eigenvalue weighted by Crippen LogP contribution is 2.45. The number of carboxylic acids is 1. The number of carbonyl (C=O) groups excluding carboxylic acids is 3. The molecule has 5 atom stereocenters. The fourth-order valence-corrected chi connectivity index (χ4v) is 7.59. The molecule has 14 heteroatoms. The Labute approximate surface area is 264 Å². The van der Waals surface area contributed by atoms with Gasteiger partial charge in [0.25, 0.3) is 0 Å². The highest BCUT2D eigenvalue weighted by atomic mass is 32.2. The molecule has 3 unspecified atom stereocenters. The van der Waals surface area contributed by atoms with Gasteiger partial charge in [0.1, 0.15) is 24.2 Å². The van der Waals surface area contributed by atoms with E-state index in [1.54, 1.807) is 17.5 Å². The van der Waals surface area contributed by atoms with E-state index in [0.717, 1.165) is 37.0 Å². The Morgan fingerprint density at radius 1 is 1.32 bits per heavy atom. The first-order valence-electron chi connectivity index (χ1n) is 15.1. The summed E-state index contributed by atoms with van der Waals surface area (Å²) in [6.45, 7) is 7.46. The maximum atomic E-state index is 13.2. The average Bonchev–Trinajstić information content (AvgIpc) is 3.34. The molecule has 0 radical (unpaired) electrons. The summed E-state index contributed by atoms with van der Waals surface area (Å²) in [4.78, 5) is 52.4. The van der Waals surface area contributed by atoms with Crippen molar-refractivity contribution in [1.29, 1.82) is 0 Å². The van der Waals surface area contributed by atoms with Crippen LogP contribution < -0.4 is 10.6 Å². The molecule has 0 bridgehead atoms. The molecule has 3 amide bonds. The Bertz CT molecular complexity index is 1310. The monoisotopic (exact) mass is 655 g/mol. The molecular formula is C30H47N4O8S2+. The van der Waals surface area contributed by atoms with Crippen LogP contribution in [-0.2, 0) is 29.1 Å². The normalized spacial score (nSPS) is 23.7. The molecule has 1 aromatic rings. The summed E-state index contributed by atoms with van der Waals surface area (Å²) in [6, 6.07) is 2.41. The summed E-state index contributed by atoms with van der Waals surface area (Å²) in [5, 5.41) is 16.7. The summed E-state index contributed by atoms with van der Waals surface area (Å²) in [6.07, 6.45) is 7.52. The van der Waals surface area contributed by atoms with Crippen molar-refractivity contribution in [1.82, 2.24) is 19.8 Å². The second-order valence-corrected chi connectivity index (χ2v) is 15.9. The van der Waals surface area contributed by atoms with E-state index in [0.29, 0.717) is 25.8 Å². The van der Waals surface area contributed by atoms with Gasteiger partial charge in [0.15, 0.2) is 4.21 Å². The molecule has 1 aliphatic carbocycles. The summed E-state index contributed by atoms with van der Waals surface area (Å²) in [5.74, 6) is -2.41. The van der Waals surface area contributed by atoms with Crippen LogP contribution in [0.3, 0.4) is 0 Å². The quantitative estimate of drug-likeness (QED) is 0.147. The minimum absolute atomic E-state index is 0.0350. The van der Waals surface area contributed by atoms with Gasteiger partial charge in [-0.05, 0) is 49.6 Å². The van der Waals surface area contributed by atoms with E-state index in [4.69, 9.17) is 4.74 Å². The molecular weight excluding hydrogens is 608 g/mol. The first-order valence-corrected chi connectivity index (χ1v) is 17.5. The molecule has 1 saturated heterocycles. The minimum atomic E-state index is -3.51. The molecule has 1 aromatic heterocycles. The Kier molecular flexibility index (Phi) is 12.0. The molecule has 0 spiro atoms. The van der Waals surface area contributed by atoms with Crippen molar-refractivity contribution in [3.05, 3.63) is 29.7 Å². The molecule has 12 nitrogen and oxygen atoms in total. The number of thiophene rings is 1. The molecule has 0 aromatic carbocycles. The molecule has 1 aliphatic heterocycles. The van der Waals surface area contributed by atoms with Crippen LogP contribution in [0.2, 0.25) is 0 Å². The van der Waals surface area contributed by atoms with E-state index in [-0.39, 0.29) is 16.7 Å². The van der Waals surface area contributed by atoms with Gasteiger partial charge in [-0.15, -0.1) is 11.3 Å². The molecule has 2 heterocycles. The highest BCUT2D eigenvalue weighted by Gasteiger charge is 2.61. The Hall–Kier alpha value is -2.97. The van der Waals surface area contributed by atoms with Gasteiger partial charge in [-0.1, -0.05) is 52.7 Å². The number of hydrogen-bond acceptors (Lipinski definition) is 7. The number of unbranched alkanes of at least 4 members (excludes halogenated alkanes) is 3. The van der Waals surface area contributed by atoms with Gasteiger partial charge in [0, 0.05) is 24.9 Å². The molecule has 246 valence electrons. The van der Waals surface area contributed by atoms with Crippen molar-refractivity contribution < 1.29 is 37.4 Å². The number of hydrogen-bond donors (Lipinski definition) is 3. The van der Waals surface area contributed by atoms with Gasteiger partial charge in [-0.3, -0.25) is 9.59 Å². The van der Waals surface area contributed by atoms with Crippen LogP contribution in [0.1, 0.15) is 72.6 Å². The molecule has 1 saturated carbocycles. The van der Waals surface area contributed by atoms with Crippen molar-refractivity contribution in [3.8, 4) is 0 Å². The second-order valence-electron chi connectivity index (χ2n) is 12.6. The zero-order valence-electron chi connectivity index (χ0n) is 26.2. The smallest absolute Gasteiger partial charge is 0.407 e. The van der Waals surface area contributed by atoms with Crippen molar-refractivity contribution in [3.63, 3.8) is 0 Å². The van der Waals surface area contributed by atoms with Crippen molar-refractivity contribution in [2.24, 2.45) is 11.3 Å². The molecule has 3 rings (SSSR count). The fourth-order valence-electron chi connectivity index (χ4n) is 5.19. The standard InChI is InChI=1S/C30H46N4O8S2/c1-6-7-8-9-10-13-21-18-30(21,27(37)38)32-26(36)22-14-11-16-34(22)24(35)19-31-28(39)42-23(29(2,3)4)20-33(5)44(40,41)25-15-12-17-43-25/h10,12-13,15,17,21-23H,6-9,11,14,16,18-20H2,1-5H3,(H,31,39)(H,32,36)(H,37,38)/p+1/b13-10-/t21?,22-,23?,30+/m0/s1. The van der Waals surface area contributed by atoms with Gasteiger partial charge in [-0.2, -0.15) is 8.51 Å². The van der Waals surface area contributed by atoms with Crippen LogP contribution in [0, 0.1) is 11.3 Å². The van der Waals surface area contributed by atoms with Crippen LogP contribution >= 0.6 is 11.3 Å². The lowest BCUT2D eigenvalue weighted by Gasteiger charge is -2.32.